The SMILES string of the molecule is CC1(C)OB(c2ccc(N)nc2)OC1(C)C.Fc1ccc(-c2ccc3ncc(-c4nnco4)c(NCCCn4ccnc4)c3c2)cc1.Nc1ccc(-c2ccc3ncc(-c4nnco4)c(NCCCn4ccnc4)c3c2)cc1.OB(O)c1ccc(F)cc1. The lowest BCUT2D eigenvalue weighted by Crippen LogP contribution is -2.41. The van der Waals surface area contributed by atoms with Gasteiger partial charge in [0.2, 0.25) is 12.8 Å². The summed E-state index contributed by atoms with van der Waals surface area (Å²) in [5.74, 6) is 0.692. The number of imidazole rings is 2. The van der Waals surface area contributed by atoms with Crippen LogP contribution in [0.1, 0.15) is 40.5 Å². The minimum absolute atomic E-state index is 0.259. The number of hydrogen-bond acceptors (Lipinski definition) is 19. The van der Waals surface area contributed by atoms with Crippen molar-refractivity contribution >= 4 is 69.8 Å². The van der Waals surface area contributed by atoms with Crippen molar-refractivity contribution in [3.8, 4) is 45.2 Å². The Morgan fingerprint density at radius 2 is 1.03 bits per heavy atom. The van der Waals surface area contributed by atoms with E-state index in [0.29, 0.717) is 23.1 Å². The third kappa shape index (κ3) is 15.2. The molecule has 88 heavy (non-hydrogen) atoms. The van der Waals surface area contributed by atoms with Crippen LogP contribution in [0.15, 0.2) is 199 Å². The average molecular weight is 1190 g/mol. The van der Waals surface area contributed by atoms with E-state index in [4.69, 9.17) is 39.7 Å². The lowest BCUT2D eigenvalue weighted by atomic mass is 9.80. The van der Waals surface area contributed by atoms with E-state index in [-0.39, 0.29) is 30.0 Å². The van der Waals surface area contributed by atoms with E-state index in [9.17, 15) is 8.78 Å². The minimum atomic E-state index is -1.51. The third-order valence-corrected chi connectivity index (χ3v) is 14.7. The van der Waals surface area contributed by atoms with E-state index in [0.717, 1.165) is 117 Å². The predicted molar refractivity (Wildman–Crippen MR) is 337 cm³/mol. The molecule has 8 N–H and O–H groups in total. The second kappa shape index (κ2) is 27.9. The van der Waals surface area contributed by atoms with Crippen molar-refractivity contribution in [2.75, 3.05) is 35.2 Å². The molecule has 1 saturated heterocycles. The zero-order valence-electron chi connectivity index (χ0n) is 48.7. The first kappa shape index (κ1) is 60.9. The van der Waals surface area contributed by atoms with Gasteiger partial charge in [-0.1, -0.05) is 54.6 Å². The van der Waals surface area contributed by atoms with Gasteiger partial charge < -0.3 is 59.4 Å². The summed E-state index contributed by atoms with van der Waals surface area (Å²) in [4.78, 5) is 21.4. The predicted octanol–water partition coefficient (Wildman–Crippen LogP) is 9.49. The van der Waals surface area contributed by atoms with Gasteiger partial charge in [-0.25, -0.2) is 23.7 Å². The van der Waals surface area contributed by atoms with Crippen molar-refractivity contribution in [1.29, 1.82) is 0 Å². The molecule has 1 fully saturated rings. The van der Waals surface area contributed by atoms with Gasteiger partial charge >= 0.3 is 14.2 Å². The molecule has 5 aromatic carbocycles. The number of halogens is 2. The zero-order valence-corrected chi connectivity index (χ0v) is 48.7. The number of anilines is 4. The van der Waals surface area contributed by atoms with Crippen LogP contribution in [0, 0.1) is 11.6 Å². The summed E-state index contributed by atoms with van der Waals surface area (Å²) in [6.07, 6.45) is 20.8. The lowest BCUT2D eigenvalue weighted by molar-refractivity contribution is 0.00578. The zero-order chi connectivity index (χ0) is 61.6. The van der Waals surface area contributed by atoms with Crippen LogP contribution in [0.4, 0.5) is 31.7 Å². The quantitative estimate of drug-likeness (QED) is 0.0298. The summed E-state index contributed by atoms with van der Waals surface area (Å²) in [6, 6.07) is 35.1. The van der Waals surface area contributed by atoms with Crippen LogP contribution in [0.25, 0.3) is 67.0 Å². The molecular formula is C63H63B2F2N15O6. The van der Waals surface area contributed by atoms with Crippen LogP contribution < -0.4 is 33.0 Å². The highest BCUT2D eigenvalue weighted by Gasteiger charge is 2.51. The van der Waals surface area contributed by atoms with Gasteiger partial charge in [0, 0.05) is 91.5 Å². The molecular weight excluding hydrogens is 1120 g/mol. The van der Waals surface area contributed by atoms with Gasteiger partial charge in [0.05, 0.1) is 57.4 Å². The Morgan fingerprint density at radius 1 is 0.568 bits per heavy atom. The van der Waals surface area contributed by atoms with Crippen molar-refractivity contribution in [3.63, 3.8) is 0 Å². The molecule has 0 radical (unpaired) electrons. The first-order valence-corrected chi connectivity index (χ1v) is 28.2. The largest absolute Gasteiger partial charge is 0.496 e. The van der Waals surface area contributed by atoms with Crippen LogP contribution in [-0.2, 0) is 22.4 Å². The van der Waals surface area contributed by atoms with E-state index < -0.39 is 7.12 Å². The Bertz CT molecular complexity index is 3910. The topological polar surface area (TPSA) is 287 Å². The van der Waals surface area contributed by atoms with Gasteiger partial charge in [0.25, 0.3) is 11.8 Å². The van der Waals surface area contributed by atoms with Crippen molar-refractivity contribution in [3.05, 3.63) is 202 Å². The summed E-state index contributed by atoms with van der Waals surface area (Å²) >= 11 is 0. The first-order chi connectivity index (χ1) is 42.6. The molecule has 0 unspecified atom stereocenters. The summed E-state index contributed by atoms with van der Waals surface area (Å²) in [5.41, 5.74) is 21.8. The van der Waals surface area contributed by atoms with Gasteiger partial charge in [0.1, 0.15) is 17.5 Å². The number of benzene rings is 5. The van der Waals surface area contributed by atoms with E-state index in [2.05, 4.69) is 72.6 Å². The highest BCUT2D eigenvalue weighted by atomic mass is 19.1. The summed E-state index contributed by atoms with van der Waals surface area (Å²) in [7, 11) is -1.88. The second-order valence-electron chi connectivity index (χ2n) is 21.4. The molecule has 25 heteroatoms. The number of hydrogen-bond donors (Lipinski definition) is 6. The number of pyridine rings is 3. The highest BCUT2D eigenvalue weighted by molar-refractivity contribution is 6.62. The van der Waals surface area contributed by atoms with Crippen LogP contribution in [0.5, 0.6) is 0 Å². The van der Waals surface area contributed by atoms with E-state index in [1.165, 1.54) is 49.2 Å². The number of nitrogen functional groups attached to an aromatic ring is 2. The van der Waals surface area contributed by atoms with E-state index in [1.807, 2.05) is 106 Å². The number of rotatable bonds is 16. The van der Waals surface area contributed by atoms with Crippen LogP contribution in [0.3, 0.4) is 0 Å². The molecule has 0 bridgehead atoms. The Labute approximate surface area is 506 Å². The van der Waals surface area contributed by atoms with Crippen LogP contribution >= 0.6 is 0 Å². The van der Waals surface area contributed by atoms with Gasteiger partial charge in [-0.2, -0.15) is 0 Å². The number of fused-ring (bicyclic) bond motifs is 2. The number of aromatic nitrogens is 11. The summed E-state index contributed by atoms with van der Waals surface area (Å²) in [6.45, 7) is 11.3. The standard InChI is InChI=1S/C23H19FN6O.C23H21N7O.C11H17BN2O2.C6H6BFO2/c2*24-18-5-2-16(3-6-18)17-4-7-21-19(12-17)22(20(13-27-21)23-29-28-15-31-23)26-8-1-10-30-11-9-25-14-30;1-10(2)11(3,4)16-12(15-10)8-5-6-9(13)14-7-8;8-6-3-1-5(2-4-6)7(9)10/h2-7,9,11-15H,1,8,10H2,(H,26,27);2-7,9,11-15H,1,8,10,24H2,(H,26,27);5-7H,1-4H3,(H2,13,14);1-4,9-10H. The normalized spacial score (nSPS) is 13.0. The average Bonchev–Trinajstić information content (AvgIpc) is 2.45. The first-order valence-electron chi connectivity index (χ1n) is 28.2. The molecule has 0 spiro atoms. The molecule has 12 aromatic rings. The molecule has 0 saturated carbocycles. The fourth-order valence-electron chi connectivity index (χ4n) is 9.31. The van der Waals surface area contributed by atoms with Crippen LogP contribution in [-0.4, -0.2) is 103 Å². The summed E-state index contributed by atoms with van der Waals surface area (Å²) in [5, 5.41) is 41.9. The molecule has 0 atom stereocenters. The fourth-order valence-corrected chi connectivity index (χ4v) is 9.31. The highest BCUT2D eigenvalue weighted by Crippen LogP contribution is 2.38. The van der Waals surface area contributed by atoms with Gasteiger partial charge in [-0.3, -0.25) is 9.97 Å². The number of aryl methyl sites for hydroxylation is 2. The van der Waals surface area contributed by atoms with Gasteiger partial charge in [-0.05, 0) is 135 Å². The number of nitrogens with one attached hydrogen (secondary N) is 2. The number of nitrogens with zero attached hydrogens (tertiary/aromatic N) is 11. The molecule has 13 rings (SSSR count). The van der Waals surface area contributed by atoms with Crippen molar-refractivity contribution in [1.82, 2.24) is 54.4 Å². The van der Waals surface area contributed by atoms with Crippen molar-refractivity contribution in [2.45, 2.75) is 64.8 Å². The van der Waals surface area contributed by atoms with E-state index >= 15 is 0 Å². The Morgan fingerprint density at radius 3 is 1.45 bits per heavy atom. The molecule has 446 valence electrons. The number of nitrogens with two attached hydrogens (primary N) is 2. The molecule has 1 aliphatic heterocycles. The fraction of sp³-hybridized carbons (Fsp3) is 0.190. The monoisotopic (exact) mass is 1190 g/mol. The van der Waals surface area contributed by atoms with Crippen molar-refractivity contribution in [2.24, 2.45) is 0 Å². The van der Waals surface area contributed by atoms with Gasteiger partial charge in [0.15, 0.2) is 0 Å². The molecule has 7 aromatic heterocycles. The summed E-state index contributed by atoms with van der Waals surface area (Å²) < 4.78 is 52.3. The lowest BCUT2D eigenvalue weighted by Gasteiger charge is -2.32. The van der Waals surface area contributed by atoms with Gasteiger partial charge in [-0.15, -0.1) is 20.4 Å². The Kier molecular flexibility index (Phi) is 19.3. The van der Waals surface area contributed by atoms with Crippen molar-refractivity contribution < 1.29 is 37.0 Å². The Balaban J connectivity index is 0.000000140. The molecule has 0 aliphatic carbocycles. The van der Waals surface area contributed by atoms with Crippen LogP contribution in [0.2, 0.25) is 0 Å². The maximum absolute atomic E-state index is 13.4. The second-order valence-corrected chi connectivity index (χ2v) is 21.4. The Hall–Kier alpha value is -10.2. The maximum Gasteiger partial charge on any atom is 0.496 e. The third-order valence-electron chi connectivity index (χ3n) is 14.7. The smallest absolute Gasteiger partial charge is 0.423 e. The van der Waals surface area contributed by atoms with E-state index in [1.54, 1.807) is 55.5 Å². The molecule has 0 amide bonds. The molecule has 8 heterocycles. The maximum atomic E-state index is 13.4. The molecule has 21 nitrogen and oxygen atoms in total. The molecule has 1 aliphatic rings. The minimum Gasteiger partial charge on any atom is -0.423 e.